The molecule has 2 aromatic heterocycles. The molecule has 2 fully saturated rings. The number of pyridine rings is 1. The second-order valence-corrected chi connectivity index (χ2v) is 9.60. The minimum absolute atomic E-state index is 0.0717. The maximum absolute atomic E-state index is 14.3. The monoisotopic (exact) mass is 512 g/mol. The quantitative estimate of drug-likeness (QED) is 0.490. The molecule has 1 aliphatic heterocycles. The molecule has 0 radical (unpaired) electrons. The molecule has 0 unspecified atom stereocenters. The number of rotatable bonds is 6. The smallest absolute Gasteiger partial charge is 0.247 e. The van der Waals surface area contributed by atoms with Gasteiger partial charge in [0, 0.05) is 31.4 Å². The van der Waals surface area contributed by atoms with Crippen LogP contribution in [0, 0.1) is 40.3 Å². The van der Waals surface area contributed by atoms with Crippen LogP contribution in [0.25, 0.3) is 11.1 Å². The molecule has 2 amide bonds. The highest BCUT2D eigenvalue weighted by Crippen LogP contribution is 2.52. The summed E-state index contributed by atoms with van der Waals surface area (Å²) < 4.78 is 15.9. The lowest BCUT2D eigenvalue weighted by molar-refractivity contribution is -0.123. The third-order valence-corrected chi connectivity index (χ3v) is 6.88. The number of nitrogens with one attached hydrogen (secondary N) is 1. The van der Waals surface area contributed by atoms with E-state index in [4.69, 9.17) is 5.11 Å². The van der Waals surface area contributed by atoms with E-state index in [1.807, 2.05) is 0 Å². The van der Waals surface area contributed by atoms with Crippen molar-refractivity contribution in [3.05, 3.63) is 59.8 Å². The predicted molar refractivity (Wildman–Crippen MR) is 137 cm³/mol. The number of aromatic nitrogens is 3. The van der Waals surface area contributed by atoms with Crippen molar-refractivity contribution in [1.82, 2.24) is 14.8 Å². The number of aliphatic hydroxyl groups is 1. The van der Waals surface area contributed by atoms with Gasteiger partial charge in [-0.1, -0.05) is 12.0 Å². The molecular formula is C28H25FN6O3. The van der Waals surface area contributed by atoms with Crippen molar-refractivity contribution < 1.29 is 19.1 Å². The lowest BCUT2D eigenvalue weighted by Gasteiger charge is -2.21. The summed E-state index contributed by atoms with van der Waals surface area (Å²) in [4.78, 5) is 32.1. The zero-order chi connectivity index (χ0) is 26.9. The molecule has 3 heterocycles. The lowest BCUT2D eigenvalue weighted by Crippen LogP contribution is -2.35. The van der Waals surface area contributed by atoms with Crippen molar-refractivity contribution in [1.29, 1.82) is 5.26 Å². The molecule has 1 aliphatic carbocycles. The van der Waals surface area contributed by atoms with Gasteiger partial charge in [0.2, 0.25) is 11.8 Å². The number of carbonyl (C=O) groups is 2. The third-order valence-electron chi connectivity index (χ3n) is 6.88. The molecule has 2 N–H and O–H groups in total. The first kappa shape index (κ1) is 25.1. The highest BCUT2D eigenvalue weighted by Gasteiger charge is 2.56. The van der Waals surface area contributed by atoms with Gasteiger partial charge in [0.15, 0.2) is 0 Å². The van der Waals surface area contributed by atoms with E-state index in [1.165, 1.54) is 17.0 Å². The first-order valence-electron chi connectivity index (χ1n) is 12.2. The number of halogens is 1. The van der Waals surface area contributed by atoms with E-state index in [-0.39, 0.29) is 36.4 Å². The number of hydrogen-bond acceptors (Lipinski definition) is 6. The van der Waals surface area contributed by atoms with Crippen LogP contribution in [0.2, 0.25) is 0 Å². The number of aliphatic hydroxyl groups excluding tert-OH is 1. The summed E-state index contributed by atoms with van der Waals surface area (Å²) in [5, 5.41) is 25.8. The zero-order valence-electron chi connectivity index (χ0n) is 20.7. The van der Waals surface area contributed by atoms with E-state index >= 15 is 0 Å². The first-order valence-corrected chi connectivity index (χ1v) is 12.2. The highest BCUT2D eigenvalue weighted by atomic mass is 19.1. The summed E-state index contributed by atoms with van der Waals surface area (Å²) in [5.41, 5.74) is 1.50. The van der Waals surface area contributed by atoms with Gasteiger partial charge in [0.05, 0.1) is 24.4 Å². The van der Waals surface area contributed by atoms with Gasteiger partial charge in [-0.2, -0.15) is 10.4 Å². The van der Waals surface area contributed by atoms with Gasteiger partial charge in [-0.25, -0.2) is 9.37 Å². The van der Waals surface area contributed by atoms with Crippen LogP contribution in [-0.4, -0.2) is 44.8 Å². The standard InChI is InChI=1S/C28H25FN6O3/c1-34-16-20(15-31-34)19-9-18(10-22(29)12-19)11-26(37)33-25-14-24(13-23(32-25)3-2-8-36)35-7-6-28(17-30,27(35)38)21-4-5-21/h9-10,12-16,21,36H,4-8,11H2,1H3,(H,32,33,37)/t28-/m1/s1. The molecule has 1 saturated carbocycles. The Morgan fingerprint density at radius 3 is 2.76 bits per heavy atom. The SMILES string of the molecule is Cn1cc(-c2cc(F)cc(CC(=O)Nc3cc(N4CC[C@@](C#N)(C5CC5)C4=O)cc(C#CCO)n3)c2)cn1. The molecule has 3 aromatic rings. The molecule has 1 saturated heterocycles. The Hall–Kier alpha value is -4.54. The summed E-state index contributed by atoms with van der Waals surface area (Å²) in [6, 6.07) is 9.83. The summed E-state index contributed by atoms with van der Waals surface area (Å²) in [7, 11) is 1.76. The van der Waals surface area contributed by atoms with Crippen LogP contribution in [0.3, 0.4) is 0 Å². The van der Waals surface area contributed by atoms with Crippen molar-refractivity contribution in [2.75, 3.05) is 23.4 Å². The first-order chi connectivity index (χ1) is 18.3. The van der Waals surface area contributed by atoms with Crippen LogP contribution in [0.15, 0.2) is 42.7 Å². The van der Waals surface area contributed by atoms with Crippen LogP contribution in [-0.2, 0) is 23.1 Å². The number of benzene rings is 1. The molecule has 2 aliphatic rings. The second-order valence-electron chi connectivity index (χ2n) is 9.60. The van der Waals surface area contributed by atoms with Crippen molar-refractivity contribution in [2.45, 2.75) is 25.7 Å². The Bertz CT molecular complexity index is 1530. The van der Waals surface area contributed by atoms with Gasteiger partial charge >= 0.3 is 0 Å². The van der Waals surface area contributed by atoms with Gasteiger partial charge in [-0.3, -0.25) is 14.3 Å². The number of hydrogen-bond donors (Lipinski definition) is 2. The molecule has 1 aromatic carbocycles. The topological polar surface area (TPSA) is 124 Å². The largest absolute Gasteiger partial charge is 0.384 e. The number of amides is 2. The fraction of sp³-hybridized carbons (Fsp3) is 0.321. The molecular weight excluding hydrogens is 487 g/mol. The fourth-order valence-corrected chi connectivity index (χ4v) is 4.93. The maximum Gasteiger partial charge on any atom is 0.247 e. The molecule has 38 heavy (non-hydrogen) atoms. The molecule has 9 nitrogen and oxygen atoms in total. The Labute approximate surface area is 218 Å². The number of nitriles is 1. The summed E-state index contributed by atoms with van der Waals surface area (Å²) >= 11 is 0. The van der Waals surface area contributed by atoms with E-state index in [0.29, 0.717) is 29.8 Å². The number of anilines is 2. The van der Waals surface area contributed by atoms with E-state index in [2.05, 4.69) is 33.3 Å². The molecule has 5 rings (SSSR count). The summed E-state index contributed by atoms with van der Waals surface area (Å²) in [6.45, 7) is -0.0120. The van der Waals surface area contributed by atoms with Crippen molar-refractivity contribution in [3.8, 4) is 29.0 Å². The van der Waals surface area contributed by atoms with E-state index < -0.39 is 17.1 Å². The number of nitrogens with zero attached hydrogens (tertiary/aromatic N) is 5. The molecule has 0 bridgehead atoms. The highest BCUT2D eigenvalue weighted by molar-refractivity contribution is 6.03. The third kappa shape index (κ3) is 4.99. The zero-order valence-corrected chi connectivity index (χ0v) is 20.7. The van der Waals surface area contributed by atoms with Gasteiger partial charge in [-0.05, 0) is 60.4 Å². The summed E-state index contributed by atoms with van der Waals surface area (Å²) in [6.07, 6.45) is 5.42. The number of carbonyl (C=O) groups excluding carboxylic acids is 2. The normalized spacial score (nSPS) is 18.6. The van der Waals surface area contributed by atoms with Crippen molar-refractivity contribution in [3.63, 3.8) is 0 Å². The van der Waals surface area contributed by atoms with Gasteiger partial charge < -0.3 is 15.3 Å². The van der Waals surface area contributed by atoms with Crippen molar-refractivity contribution >= 4 is 23.3 Å². The Morgan fingerprint density at radius 1 is 1.26 bits per heavy atom. The molecule has 192 valence electrons. The molecule has 10 heteroatoms. The molecule has 0 spiro atoms. The maximum atomic E-state index is 14.3. The molecule has 1 atom stereocenters. The Balaban J connectivity index is 1.38. The minimum atomic E-state index is -1.02. The Morgan fingerprint density at radius 2 is 2.08 bits per heavy atom. The van der Waals surface area contributed by atoms with E-state index in [0.717, 1.165) is 18.4 Å². The van der Waals surface area contributed by atoms with E-state index in [9.17, 15) is 19.2 Å². The lowest BCUT2D eigenvalue weighted by atomic mass is 9.83. The van der Waals surface area contributed by atoms with Crippen LogP contribution in [0.1, 0.15) is 30.5 Å². The fourth-order valence-electron chi connectivity index (χ4n) is 4.93. The second kappa shape index (κ2) is 10.1. The van der Waals surface area contributed by atoms with Gasteiger partial charge in [0.1, 0.15) is 29.4 Å². The van der Waals surface area contributed by atoms with Gasteiger partial charge in [-0.15, -0.1) is 0 Å². The van der Waals surface area contributed by atoms with Crippen LogP contribution in [0.4, 0.5) is 15.9 Å². The van der Waals surface area contributed by atoms with Crippen LogP contribution < -0.4 is 10.2 Å². The predicted octanol–water partition coefficient (Wildman–Crippen LogP) is 2.80. The minimum Gasteiger partial charge on any atom is -0.384 e. The Kier molecular flexibility index (Phi) is 6.66. The van der Waals surface area contributed by atoms with Crippen molar-refractivity contribution in [2.24, 2.45) is 18.4 Å². The number of aryl methyl sites for hydroxylation is 1. The average Bonchev–Trinajstić information content (AvgIpc) is 3.55. The average molecular weight is 513 g/mol. The van der Waals surface area contributed by atoms with E-state index in [1.54, 1.807) is 42.3 Å². The van der Waals surface area contributed by atoms with Crippen LogP contribution in [0.5, 0.6) is 0 Å². The van der Waals surface area contributed by atoms with Gasteiger partial charge in [0.25, 0.3) is 0 Å². The van der Waals surface area contributed by atoms with Crippen LogP contribution >= 0.6 is 0 Å². The summed E-state index contributed by atoms with van der Waals surface area (Å²) in [5.74, 6) is 4.31.